The van der Waals surface area contributed by atoms with Crippen LogP contribution in [0.4, 0.5) is 5.69 Å². The van der Waals surface area contributed by atoms with Gasteiger partial charge in [-0.15, -0.1) is 0 Å². The minimum Gasteiger partial charge on any atom is -0.492 e. The third kappa shape index (κ3) is 6.50. The topological polar surface area (TPSA) is 46.0 Å². The quantitative estimate of drug-likeness (QED) is 0.703. The van der Waals surface area contributed by atoms with E-state index in [9.17, 15) is 4.79 Å². The van der Waals surface area contributed by atoms with Crippen LogP contribution in [0.2, 0.25) is 0 Å². The van der Waals surface area contributed by atoms with Crippen molar-refractivity contribution in [1.82, 2.24) is 5.32 Å². The first-order chi connectivity index (χ1) is 13.9. The fourth-order valence-electron chi connectivity index (χ4n) is 3.60. The summed E-state index contributed by atoms with van der Waals surface area (Å²) < 4.78 is 5.75. The number of amides is 1. The Morgan fingerprint density at radius 3 is 2.31 bits per heavy atom. The molecule has 1 amide bonds. The van der Waals surface area contributed by atoms with Crippen LogP contribution in [0, 0.1) is 0 Å². The lowest BCUT2D eigenvalue weighted by Crippen LogP contribution is -3.16. The van der Waals surface area contributed by atoms with Crippen LogP contribution in [0.1, 0.15) is 26.3 Å². The number of nitrogens with zero attached hydrogens (tertiary/aromatic N) is 1. The molecule has 156 valence electrons. The Labute approximate surface area is 174 Å². The van der Waals surface area contributed by atoms with Crippen LogP contribution in [0.5, 0.6) is 5.75 Å². The molecule has 2 aromatic rings. The van der Waals surface area contributed by atoms with Gasteiger partial charge in [0, 0.05) is 5.69 Å². The second-order valence-electron chi connectivity index (χ2n) is 8.72. The van der Waals surface area contributed by atoms with E-state index in [2.05, 4.69) is 67.4 Å². The fourth-order valence-corrected chi connectivity index (χ4v) is 3.60. The van der Waals surface area contributed by atoms with E-state index < -0.39 is 0 Å². The number of para-hydroxylation sites is 1. The predicted octanol–water partition coefficient (Wildman–Crippen LogP) is 1.88. The summed E-state index contributed by atoms with van der Waals surface area (Å²) in [4.78, 5) is 16.0. The summed E-state index contributed by atoms with van der Waals surface area (Å²) in [5.41, 5.74) is 2.69. The molecule has 0 aromatic heterocycles. The van der Waals surface area contributed by atoms with Crippen LogP contribution in [0.15, 0.2) is 54.6 Å². The number of anilines is 1. The van der Waals surface area contributed by atoms with E-state index in [4.69, 9.17) is 4.74 Å². The third-order valence-electron chi connectivity index (χ3n) is 5.42. The maximum Gasteiger partial charge on any atom is 0.275 e. The van der Waals surface area contributed by atoms with Gasteiger partial charge in [-0.3, -0.25) is 4.79 Å². The van der Waals surface area contributed by atoms with Gasteiger partial charge in [0.1, 0.15) is 12.4 Å². The third-order valence-corrected chi connectivity index (χ3v) is 5.42. The number of hydrogen-bond donors (Lipinski definition) is 2. The summed E-state index contributed by atoms with van der Waals surface area (Å²) in [5.74, 6) is 0.940. The van der Waals surface area contributed by atoms with Gasteiger partial charge in [-0.05, 0) is 35.2 Å². The summed E-state index contributed by atoms with van der Waals surface area (Å²) >= 11 is 0. The van der Waals surface area contributed by atoms with Gasteiger partial charge in [0.05, 0.1) is 32.7 Å². The highest BCUT2D eigenvalue weighted by Gasteiger charge is 2.22. The molecule has 0 unspecified atom stereocenters. The van der Waals surface area contributed by atoms with E-state index in [0.29, 0.717) is 19.7 Å². The number of carbonyl (C=O) groups excluding carboxylic acids is 1. The first-order valence-corrected chi connectivity index (χ1v) is 10.6. The molecule has 0 bridgehead atoms. The Kier molecular flexibility index (Phi) is 7.15. The number of hydrogen-bond acceptors (Lipinski definition) is 3. The summed E-state index contributed by atoms with van der Waals surface area (Å²) in [6, 6.07) is 18.7. The average molecular weight is 397 g/mol. The van der Waals surface area contributed by atoms with Crippen molar-refractivity contribution in [1.29, 1.82) is 0 Å². The number of ether oxygens (including phenoxy) is 1. The molecule has 0 saturated carbocycles. The summed E-state index contributed by atoms with van der Waals surface area (Å²) in [7, 11) is 0. The Morgan fingerprint density at radius 2 is 1.69 bits per heavy atom. The smallest absolute Gasteiger partial charge is 0.275 e. The van der Waals surface area contributed by atoms with Crippen molar-refractivity contribution in [3.63, 3.8) is 0 Å². The lowest BCUT2D eigenvalue weighted by molar-refractivity contribution is -0.892. The average Bonchev–Trinajstić information content (AvgIpc) is 2.72. The van der Waals surface area contributed by atoms with Crippen molar-refractivity contribution in [2.45, 2.75) is 26.2 Å². The van der Waals surface area contributed by atoms with E-state index >= 15 is 0 Å². The van der Waals surface area contributed by atoms with E-state index in [1.165, 1.54) is 16.2 Å². The van der Waals surface area contributed by atoms with Crippen molar-refractivity contribution >= 4 is 11.6 Å². The van der Waals surface area contributed by atoms with Crippen LogP contribution >= 0.6 is 0 Å². The zero-order chi connectivity index (χ0) is 20.7. The SMILES string of the molecule is CC(C)(C)c1ccc(OCCNC(=O)C[NH+]2CCN(c3ccccc3)CC2)cc1. The van der Waals surface area contributed by atoms with Crippen molar-refractivity contribution in [2.24, 2.45) is 0 Å². The van der Waals surface area contributed by atoms with Crippen LogP contribution in [0.3, 0.4) is 0 Å². The van der Waals surface area contributed by atoms with Crippen LogP contribution in [-0.2, 0) is 10.2 Å². The number of quaternary nitrogens is 1. The molecule has 1 aliphatic heterocycles. The molecule has 5 nitrogen and oxygen atoms in total. The van der Waals surface area contributed by atoms with Gasteiger partial charge in [0.25, 0.3) is 5.91 Å². The molecule has 1 heterocycles. The van der Waals surface area contributed by atoms with E-state index in [1.54, 1.807) is 0 Å². The van der Waals surface area contributed by atoms with Crippen molar-refractivity contribution in [3.05, 3.63) is 60.2 Å². The molecule has 1 saturated heterocycles. The van der Waals surface area contributed by atoms with Gasteiger partial charge < -0.3 is 19.9 Å². The highest BCUT2D eigenvalue weighted by molar-refractivity contribution is 5.76. The van der Waals surface area contributed by atoms with Gasteiger partial charge in [-0.2, -0.15) is 0 Å². The summed E-state index contributed by atoms with van der Waals surface area (Å²) in [5, 5.41) is 2.98. The lowest BCUT2D eigenvalue weighted by atomic mass is 9.87. The molecular weight excluding hydrogens is 362 g/mol. The lowest BCUT2D eigenvalue weighted by Gasteiger charge is -2.33. The Morgan fingerprint density at radius 1 is 1.03 bits per heavy atom. The minimum atomic E-state index is 0.0971. The summed E-state index contributed by atoms with van der Waals surface area (Å²) in [6.45, 7) is 12.1. The minimum absolute atomic E-state index is 0.0971. The first kappa shape index (κ1) is 21.2. The second-order valence-corrected chi connectivity index (χ2v) is 8.72. The fraction of sp³-hybridized carbons (Fsp3) is 0.458. The Bertz CT molecular complexity index is 761. The largest absolute Gasteiger partial charge is 0.492 e. The summed E-state index contributed by atoms with van der Waals surface area (Å²) in [6.07, 6.45) is 0. The maximum absolute atomic E-state index is 12.2. The molecule has 0 atom stereocenters. The number of piperazine rings is 1. The van der Waals surface area contributed by atoms with Gasteiger partial charge in [-0.25, -0.2) is 0 Å². The van der Waals surface area contributed by atoms with E-state index in [1.807, 2.05) is 18.2 Å². The Balaban J connectivity index is 1.31. The molecule has 0 aliphatic carbocycles. The highest BCUT2D eigenvalue weighted by atomic mass is 16.5. The molecule has 0 radical (unpaired) electrons. The number of benzene rings is 2. The van der Waals surface area contributed by atoms with Crippen molar-refractivity contribution in [3.8, 4) is 5.75 Å². The zero-order valence-corrected chi connectivity index (χ0v) is 17.9. The normalized spacial score (nSPS) is 15.2. The molecule has 1 fully saturated rings. The van der Waals surface area contributed by atoms with Gasteiger partial charge in [-0.1, -0.05) is 51.1 Å². The molecule has 1 aliphatic rings. The second kappa shape index (κ2) is 9.79. The van der Waals surface area contributed by atoms with Crippen LogP contribution in [0.25, 0.3) is 0 Å². The van der Waals surface area contributed by atoms with Crippen LogP contribution < -0.4 is 19.9 Å². The number of carbonyl (C=O) groups is 1. The van der Waals surface area contributed by atoms with Gasteiger partial charge in [0.2, 0.25) is 0 Å². The molecule has 5 heteroatoms. The molecule has 29 heavy (non-hydrogen) atoms. The predicted molar refractivity (Wildman–Crippen MR) is 118 cm³/mol. The van der Waals surface area contributed by atoms with Gasteiger partial charge in [0.15, 0.2) is 6.54 Å². The van der Waals surface area contributed by atoms with Gasteiger partial charge >= 0.3 is 0 Å². The van der Waals surface area contributed by atoms with Crippen molar-refractivity contribution < 1.29 is 14.4 Å². The van der Waals surface area contributed by atoms with Crippen molar-refractivity contribution in [2.75, 3.05) is 50.8 Å². The highest BCUT2D eigenvalue weighted by Crippen LogP contribution is 2.24. The molecule has 2 N–H and O–H groups in total. The molecule has 3 rings (SSSR count). The molecule has 2 aromatic carbocycles. The zero-order valence-electron chi connectivity index (χ0n) is 17.9. The Hall–Kier alpha value is -2.53. The first-order valence-electron chi connectivity index (χ1n) is 10.6. The van der Waals surface area contributed by atoms with E-state index in [-0.39, 0.29) is 11.3 Å². The standard InChI is InChI=1S/C24H33N3O2/c1-24(2,3)20-9-11-22(12-10-20)29-18-13-25-23(28)19-26-14-16-27(17-15-26)21-7-5-4-6-8-21/h4-12H,13-19H2,1-3H3,(H,25,28)/p+1. The molecular formula is C24H34N3O2+. The maximum atomic E-state index is 12.2. The van der Waals surface area contributed by atoms with Crippen LogP contribution in [-0.4, -0.2) is 51.8 Å². The molecule has 0 spiro atoms. The number of nitrogens with one attached hydrogen (secondary N) is 2. The monoisotopic (exact) mass is 396 g/mol. The number of rotatable bonds is 7. The van der Waals surface area contributed by atoms with E-state index in [0.717, 1.165) is 31.9 Å².